The van der Waals surface area contributed by atoms with Crippen LogP contribution in [0.3, 0.4) is 0 Å². The Balaban J connectivity index is 2.24. The number of ether oxygens (including phenoxy) is 1. The van der Waals surface area contributed by atoms with Gasteiger partial charge in [-0.2, -0.15) is 5.48 Å². The molecule has 0 aliphatic heterocycles. The molecule has 0 unspecified atom stereocenters. The van der Waals surface area contributed by atoms with Crippen molar-refractivity contribution in [3.05, 3.63) is 29.8 Å². The molecule has 17 heavy (non-hydrogen) atoms. The number of hydrogen-bond acceptors (Lipinski definition) is 3. The summed E-state index contributed by atoms with van der Waals surface area (Å²) < 4.78 is 5.64. The summed E-state index contributed by atoms with van der Waals surface area (Å²) >= 11 is 0. The zero-order valence-electron chi connectivity index (χ0n) is 10.9. The third-order valence-electron chi connectivity index (χ3n) is 2.46. The van der Waals surface area contributed by atoms with Crippen LogP contribution in [-0.4, -0.2) is 13.2 Å². The van der Waals surface area contributed by atoms with Crippen LogP contribution in [0.4, 0.5) is 0 Å². The first-order valence-corrected chi connectivity index (χ1v) is 6.43. The summed E-state index contributed by atoms with van der Waals surface area (Å²) in [6.45, 7) is 6.37. The standard InChI is InChI=1S/C14H23NO2/c1-3-5-6-11-16-14-9-7-13(8-10-14)12-15-17-4-2/h7-10,15H,3-6,11-12H2,1-2H3. The van der Waals surface area contributed by atoms with Crippen LogP contribution < -0.4 is 10.2 Å². The fraction of sp³-hybridized carbons (Fsp3) is 0.571. The Hall–Kier alpha value is -1.06. The number of rotatable bonds is 9. The monoisotopic (exact) mass is 237 g/mol. The summed E-state index contributed by atoms with van der Waals surface area (Å²) in [5.74, 6) is 0.946. The largest absolute Gasteiger partial charge is 0.494 e. The van der Waals surface area contributed by atoms with Crippen molar-refractivity contribution in [1.29, 1.82) is 0 Å². The molecule has 3 heteroatoms. The highest BCUT2D eigenvalue weighted by atomic mass is 16.6. The summed E-state index contributed by atoms with van der Waals surface area (Å²) in [5.41, 5.74) is 4.08. The summed E-state index contributed by atoms with van der Waals surface area (Å²) in [6, 6.07) is 8.13. The van der Waals surface area contributed by atoms with Crippen LogP contribution in [0.1, 0.15) is 38.7 Å². The predicted octanol–water partition coefficient (Wildman–Crippen LogP) is 3.30. The lowest BCUT2D eigenvalue weighted by molar-refractivity contribution is 0.0463. The van der Waals surface area contributed by atoms with Crippen LogP contribution in [0.25, 0.3) is 0 Å². The van der Waals surface area contributed by atoms with Gasteiger partial charge in [-0.05, 0) is 31.0 Å². The van der Waals surface area contributed by atoms with Crippen LogP contribution in [0.5, 0.6) is 5.75 Å². The van der Waals surface area contributed by atoms with E-state index < -0.39 is 0 Å². The molecular formula is C14H23NO2. The van der Waals surface area contributed by atoms with Gasteiger partial charge in [0.05, 0.1) is 13.2 Å². The molecule has 0 spiro atoms. The summed E-state index contributed by atoms with van der Waals surface area (Å²) in [4.78, 5) is 5.08. The minimum absolute atomic E-state index is 0.679. The van der Waals surface area contributed by atoms with Gasteiger partial charge in [0.1, 0.15) is 5.75 Å². The van der Waals surface area contributed by atoms with E-state index in [2.05, 4.69) is 24.5 Å². The Morgan fingerprint density at radius 1 is 1.06 bits per heavy atom. The van der Waals surface area contributed by atoms with Crippen LogP contribution in [0.15, 0.2) is 24.3 Å². The molecule has 0 amide bonds. The maximum atomic E-state index is 5.64. The molecule has 0 atom stereocenters. The van der Waals surface area contributed by atoms with E-state index in [1.807, 2.05) is 19.1 Å². The summed E-state index contributed by atoms with van der Waals surface area (Å²) in [7, 11) is 0. The molecule has 0 radical (unpaired) electrons. The number of unbranched alkanes of at least 4 members (excludes halogenated alkanes) is 2. The molecular weight excluding hydrogens is 214 g/mol. The molecule has 1 aromatic carbocycles. The maximum absolute atomic E-state index is 5.64. The van der Waals surface area contributed by atoms with Gasteiger partial charge in [0.2, 0.25) is 0 Å². The molecule has 0 saturated carbocycles. The normalized spacial score (nSPS) is 10.5. The van der Waals surface area contributed by atoms with E-state index in [4.69, 9.17) is 9.57 Å². The van der Waals surface area contributed by atoms with E-state index in [9.17, 15) is 0 Å². The highest BCUT2D eigenvalue weighted by Crippen LogP contribution is 2.12. The van der Waals surface area contributed by atoms with E-state index in [-0.39, 0.29) is 0 Å². The second kappa shape index (κ2) is 9.02. The minimum atomic E-state index is 0.679. The molecule has 1 N–H and O–H groups in total. The van der Waals surface area contributed by atoms with Crippen LogP contribution >= 0.6 is 0 Å². The molecule has 96 valence electrons. The molecule has 1 aromatic rings. The van der Waals surface area contributed by atoms with Gasteiger partial charge in [-0.15, -0.1) is 0 Å². The first-order valence-electron chi connectivity index (χ1n) is 6.43. The maximum Gasteiger partial charge on any atom is 0.119 e. The fourth-order valence-electron chi connectivity index (χ4n) is 1.48. The van der Waals surface area contributed by atoms with Crippen molar-refractivity contribution in [1.82, 2.24) is 5.48 Å². The second-order valence-corrected chi connectivity index (χ2v) is 3.95. The molecule has 0 bridgehead atoms. The molecule has 0 aliphatic carbocycles. The molecule has 0 fully saturated rings. The highest BCUT2D eigenvalue weighted by molar-refractivity contribution is 5.27. The summed E-state index contributed by atoms with van der Waals surface area (Å²) in [5, 5.41) is 0. The van der Waals surface area contributed by atoms with Crippen molar-refractivity contribution in [2.24, 2.45) is 0 Å². The van der Waals surface area contributed by atoms with Gasteiger partial charge >= 0.3 is 0 Å². The first kappa shape index (κ1) is 14.0. The van der Waals surface area contributed by atoms with E-state index in [1.165, 1.54) is 18.4 Å². The van der Waals surface area contributed by atoms with Crippen molar-refractivity contribution in [2.45, 2.75) is 39.7 Å². The molecule has 0 heterocycles. The predicted molar refractivity (Wildman–Crippen MR) is 69.9 cm³/mol. The van der Waals surface area contributed by atoms with E-state index in [0.29, 0.717) is 6.61 Å². The van der Waals surface area contributed by atoms with Gasteiger partial charge < -0.3 is 9.57 Å². The smallest absolute Gasteiger partial charge is 0.119 e. The van der Waals surface area contributed by atoms with Gasteiger partial charge in [0.25, 0.3) is 0 Å². The lowest BCUT2D eigenvalue weighted by Crippen LogP contribution is -2.13. The third-order valence-corrected chi connectivity index (χ3v) is 2.46. The van der Waals surface area contributed by atoms with Crippen molar-refractivity contribution >= 4 is 0 Å². The number of benzene rings is 1. The third kappa shape index (κ3) is 6.29. The molecule has 0 aliphatic rings. The zero-order chi connectivity index (χ0) is 12.3. The SMILES string of the molecule is CCCCCOc1ccc(CNOCC)cc1. The van der Waals surface area contributed by atoms with Gasteiger partial charge in [-0.3, -0.25) is 0 Å². The van der Waals surface area contributed by atoms with Crippen molar-refractivity contribution in [3.63, 3.8) is 0 Å². The average Bonchev–Trinajstić information content (AvgIpc) is 2.37. The topological polar surface area (TPSA) is 30.5 Å². The molecule has 3 nitrogen and oxygen atoms in total. The van der Waals surface area contributed by atoms with Crippen LogP contribution in [-0.2, 0) is 11.4 Å². The molecule has 1 rings (SSSR count). The second-order valence-electron chi connectivity index (χ2n) is 3.95. The highest BCUT2D eigenvalue weighted by Gasteiger charge is 1.95. The lowest BCUT2D eigenvalue weighted by Gasteiger charge is -2.07. The van der Waals surface area contributed by atoms with Gasteiger partial charge in [-0.1, -0.05) is 31.9 Å². The van der Waals surface area contributed by atoms with E-state index in [0.717, 1.165) is 25.3 Å². The Morgan fingerprint density at radius 2 is 1.82 bits per heavy atom. The quantitative estimate of drug-likeness (QED) is 0.528. The first-order chi connectivity index (χ1) is 8.36. The van der Waals surface area contributed by atoms with Crippen molar-refractivity contribution in [2.75, 3.05) is 13.2 Å². The number of hydroxylamine groups is 1. The minimum Gasteiger partial charge on any atom is -0.494 e. The zero-order valence-corrected chi connectivity index (χ0v) is 10.9. The summed E-state index contributed by atoms with van der Waals surface area (Å²) in [6.07, 6.45) is 3.59. The van der Waals surface area contributed by atoms with E-state index in [1.54, 1.807) is 0 Å². The van der Waals surface area contributed by atoms with E-state index >= 15 is 0 Å². The van der Waals surface area contributed by atoms with Crippen LogP contribution in [0.2, 0.25) is 0 Å². The van der Waals surface area contributed by atoms with Gasteiger partial charge in [0.15, 0.2) is 0 Å². The Labute approximate surface area is 104 Å². The van der Waals surface area contributed by atoms with Crippen LogP contribution in [0, 0.1) is 0 Å². The Morgan fingerprint density at radius 3 is 2.47 bits per heavy atom. The number of nitrogens with one attached hydrogen (secondary N) is 1. The van der Waals surface area contributed by atoms with Crippen molar-refractivity contribution < 1.29 is 9.57 Å². The Bertz CT molecular complexity index is 285. The molecule has 0 saturated heterocycles. The van der Waals surface area contributed by atoms with Gasteiger partial charge in [0, 0.05) is 6.54 Å². The fourth-order valence-corrected chi connectivity index (χ4v) is 1.48. The van der Waals surface area contributed by atoms with Crippen molar-refractivity contribution in [3.8, 4) is 5.75 Å². The number of hydrogen-bond donors (Lipinski definition) is 1. The Kier molecular flexibility index (Phi) is 7.43. The average molecular weight is 237 g/mol. The lowest BCUT2D eigenvalue weighted by atomic mass is 10.2. The van der Waals surface area contributed by atoms with Gasteiger partial charge in [-0.25, -0.2) is 0 Å². The molecule has 0 aromatic heterocycles.